The first-order valence-corrected chi connectivity index (χ1v) is 9.18. The van der Waals surface area contributed by atoms with E-state index in [4.69, 9.17) is 0 Å². The summed E-state index contributed by atoms with van der Waals surface area (Å²) in [6, 6.07) is 2.21. The number of hydrogen-bond acceptors (Lipinski definition) is 5. The number of rotatable bonds is 5. The number of sulfonamides is 1. The van der Waals surface area contributed by atoms with Crippen LogP contribution in [0.1, 0.15) is 11.6 Å². The Labute approximate surface area is 119 Å². The lowest BCUT2D eigenvalue weighted by Crippen LogP contribution is -2.48. The van der Waals surface area contributed by atoms with Crippen LogP contribution in [0.3, 0.4) is 0 Å². The normalized spacial score (nSPS) is 20.5. The molecule has 2 heterocycles. The Bertz CT molecular complexity index is 479. The van der Waals surface area contributed by atoms with Crippen molar-refractivity contribution in [2.75, 3.05) is 46.0 Å². The molecule has 1 N–H and O–H groups in total. The topological polar surface area (TPSA) is 52.6 Å². The van der Waals surface area contributed by atoms with Crippen LogP contribution in [0.2, 0.25) is 0 Å². The van der Waals surface area contributed by atoms with Crippen LogP contribution in [0.25, 0.3) is 0 Å². The molecule has 0 radical (unpaired) electrons. The van der Waals surface area contributed by atoms with Crippen molar-refractivity contribution in [1.29, 1.82) is 0 Å². The van der Waals surface area contributed by atoms with Crippen molar-refractivity contribution in [2.24, 2.45) is 0 Å². The number of nitrogens with zero attached hydrogens (tertiary/aromatic N) is 2. The summed E-state index contributed by atoms with van der Waals surface area (Å²) in [7, 11) is -1.03. The first kappa shape index (κ1) is 14.9. The van der Waals surface area contributed by atoms with Gasteiger partial charge in [0, 0.05) is 38.8 Å². The van der Waals surface area contributed by atoms with Crippen molar-refractivity contribution in [1.82, 2.24) is 14.5 Å². The average Bonchev–Trinajstić information content (AvgIpc) is 2.84. The van der Waals surface area contributed by atoms with Crippen LogP contribution in [0, 0.1) is 0 Å². The van der Waals surface area contributed by atoms with Crippen molar-refractivity contribution < 1.29 is 8.42 Å². The zero-order valence-corrected chi connectivity index (χ0v) is 13.0. The molecule has 1 saturated heterocycles. The molecule has 1 aromatic rings. The van der Waals surface area contributed by atoms with Crippen molar-refractivity contribution in [3.05, 3.63) is 22.4 Å². The maximum atomic E-state index is 11.3. The average molecular weight is 303 g/mol. The molecular weight excluding hydrogens is 282 g/mol. The molecule has 0 amide bonds. The largest absolute Gasteiger partial charge is 0.304 e. The minimum atomic E-state index is -3.14. The molecule has 5 nitrogen and oxygen atoms in total. The van der Waals surface area contributed by atoms with Gasteiger partial charge in [0.05, 0.1) is 6.26 Å². The summed E-state index contributed by atoms with van der Waals surface area (Å²) in [5.41, 5.74) is 1.20. The number of hydrogen-bond donors (Lipinski definition) is 1. The maximum Gasteiger partial charge on any atom is 0.208 e. The molecule has 19 heavy (non-hydrogen) atoms. The maximum absolute atomic E-state index is 11.3. The highest BCUT2D eigenvalue weighted by Gasteiger charge is 2.24. The second-order valence-electron chi connectivity index (χ2n) is 5.03. The highest BCUT2D eigenvalue weighted by Crippen LogP contribution is 2.23. The molecular formula is C12H21N3O2S2. The summed E-state index contributed by atoms with van der Waals surface area (Å²) in [5, 5.41) is 4.14. The van der Waals surface area contributed by atoms with Crippen molar-refractivity contribution >= 4 is 21.4 Å². The van der Waals surface area contributed by atoms with Gasteiger partial charge in [0.25, 0.3) is 0 Å². The van der Waals surface area contributed by atoms with E-state index in [0.29, 0.717) is 6.54 Å². The van der Waals surface area contributed by atoms with E-state index in [1.165, 1.54) is 11.8 Å². The molecule has 1 aliphatic rings. The first-order valence-electron chi connectivity index (χ1n) is 6.35. The van der Waals surface area contributed by atoms with E-state index in [9.17, 15) is 8.42 Å². The van der Waals surface area contributed by atoms with Crippen LogP contribution in [-0.4, -0.2) is 64.2 Å². The standard InChI is InChI=1S/C12H21N3O2S2/c1-14-4-6-15(7-5-14)12(9-13-19(2,16)17)11-3-8-18-10-11/h3,8,10,12-13H,4-7,9H2,1-2H3. The fourth-order valence-electron chi connectivity index (χ4n) is 2.29. The molecule has 0 saturated carbocycles. The molecule has 0 aromatic carbocycles. The molecule has 1 unspecified atom stereocenters. The van der Waals surface area contributed by atoms with Crippen molar-refractivity contribution in [3.63, 3.8) is 0 Å². The van der Waals surface area contributed by atoms with Crippen LogP contribution in [0.5, 0.6) is 0 Å². The zero-order chi connectivity index (χ0) is 13.9. The Balaban J connectivity index is 2.06. The molecule has 1 aromatic heterocycles. The van der Waals surface area contributed by atoms with Gasteiger partial charge < -0.3 is 4.90 Å². The quantitative estimate of drug-likeness (QED) is 0.865. The Hall–Kier alpha value is -0.470. The fraction of sp³-hybridized carbons (Fsp3) is 0.667. The van der Waals surface area contributed by atoms with Crippen LogP contribution in [0.4, 0.5) is 0 Å². The van der Waals surface area contributed by atoms with E-state index in [1.54, 1.807) is 11.3 Å². The van der Waals surface area contributed by atoms with Gasteiger partial charge in [-0.25, -0.2) is 13.1 Å². The molecule has 7 heteroatoms. The fourth-order valence-corrected chi connectivity index (χ4v) is 3.45. The third-order valence-corrected chi connectivity index (χ3v) is 4.84. The van der Waals surface area contributed by atoms with Gasteiger partial charge in [-0.15, -0.1) is 0 Å². The van der Waals surface area contributed by atoms with E-state index in [1.807, 2.05) is 5.38 Å². The highest BCUT2D eigenvalue weighted by atomic mass is 32.2. The SMILES string of the molecule is CN1CCN(C(CNS(C)(=O)=O)c2ccsc2)CC1. The summed E-state index contributed by atoms with van der Waals surface area (Å²) in [6.45, 7) is 4.45. The third-order valence-electron chi connectivity index (χ3n) is 3.45. The van der Waals surface area contributed by atoms with Gasteiger partial charge in [-0.05, 0) is 29.4 Å². The molecule has 0 aliphatic carbocycles. The van der Waals surface area contributed by atoms with E-state index in [0.717, 1.165) is 26.2 Å². The third kappa shape index (κ3) is 4.54. The minimum Gasteiger partial charge on any atom is -0.304 e. The van der Waals surface area contributed by atoms with Gasteiger partial charge in [0.1, 0.15) is 0 Å². The lowest BCUT2D eigenvalue weighted by Gasteiger charge is -2.37. The van der Waals surface area contributed by atoms with E-state index >= 15 is 0 Å². The lowest BCUT2D eigenvalue weighted by molar-refractivity contribution is 0.113. The molecule has 1 atom stereocenters. The van der Waals surface area contributed by atoms with Crippen LogP contribution in [-0.2, 0) is 10.0 Å². The highest BCUT2D eigenvalue weighted by molar-refractivity contribution is 7.88. The van der Waals surface area contributed by atoms with Crippen LogP contribution >= 0.6 is 11.3 Å². The summed E-state index contributed by atoms with van der Waals surface area (Å²) < 4.78 is 25.3. The number of nitrogens with one attached hydrogen (secondary N) is 1. The van der Waals surface area contributed by atoms with E-state index in [-0.39, 0.29) is 6.04 Å². The molecule has 0 bridgehead atoms. The molecule has 2 rings (SSSR count). The zero-order valence-electron chi connectivity index (χ0n) is 11.4. The van der Waals surface area contributed by atoms with E-state index < -0.39 is 10.0 Å². The molecule has 108 valence electrons. The summed E-state index contributed by atoms with van der Waals surface area (Å²) >= 11 is 1.65. The van der Waals surface area contributed by atoms with Gasteiger partial charge in [0.2, 0.25) is 10.0 Å². The predicted octanol–water partition coefficient (Wildman–Crippen LogP) is 0.586. The molecule has 1 fully saturated rings. The van der Waals surface area contributed by atoms with Crippen LogP contribution < -0.4 is 4.72 Å². The number of likely N-dealkylation sites (N-methyl/N-ethyl adjacent to an activating group) is 1. The molecule has 1 aliphatic heterocycles. The summed E-state index contributed by atoms with van der Waals surface area (Å²) in [4.78, 5) is 4.66. The second kappa shape index (κ2) is 6.32. The Morgan fingerprint density at radius 1 is 1.37 bits per heavy atom. The lowest BCUT2D eigenvalue weighted by atomic mass is 10.1. The summed E-state index contributed by atoms with van der Waals surface area (Å²) in [6.07, 6.45) is 1.21. The Kier molecular flexibility index (Phi) is 4.97. The van der Waals surface area contributed by atoms with Crippen molar-refractivity contribution in [2.45, 2.75) is 6.04 Å². The minimum absolute atomic E-state index is 0.134. The summed E-state index contributed by atoms with van der Waals surface area (Å²) in [5.74, 6) is 0. The predicted molar refractivity (Wildman–Crippen MR) is 79.0 cm³/mol. The molecule has 0 spiro atoms. The van der Waals surface area contributed by atoms with Gasteiger partial charge in [-0.2, -0.15) is 11.3 Å². The number of piperazine rings is 1. The Morgan fingerprint density at radius 2 is 2.05 bits per heavy atom. The van der Waals surface area contributed by atoms with Gasteiger partial charge in [-0.3, -0.25) is 4.90 Å². The van der Waals surface area contributed by atoms with Gasteiger partial charge in [0.15, 0.2) is 0 Å². The van der Waals surface area contributed by atoms with Gasteiger partial charge in [-0.1, -0.05) is 0 Å². The van der Waals surface area contributed by atoms with Crippen LogP contribution in [0.15, 0.2) is 16.8 Å². The second-order valence-corrected chi connectivity index (χ2v) is 7.65. The number of thiophene rings is 1. The Morgan fingerprint density at radius 3 is 2.58 bits per heavy atom. The first-order chi connectivity index (χ1) is 8.96. The smallest absolute Gasteiger partial charge is 0.208 e. The van der Waals surface area contributed by atoms with Crippen molar-refractivity contribution in [3.8, 4) is 0 Å². The monoisotopic (exact) mass is 303 g/mol. The van der Waals surface area contributed by atoms with Gasteiger partial charge >= 0.3 is 0 Å². The van der Waals surface area contributed by atoms with E-state index in [2.05, 4.69) is 33.0 Å².